The predicted molar refractivity (Wildman–Crippen MR) is 65.3 cm³/mol. The van der Waals surface area contributed by atoms with Gasteiger partial charge >= 0.3 is 0 Å². The number of rotatable bonds is 2. The van der Waals surface area contributed by atoms with Crippen LogP contribution in [0.4, 0.5) is 0 Å². The SMILES string of the molecule is CC(C)(C)NCc1nc2c(s1)CCCC2. The fourth-order valence-corrected chi connectivity index (χ4v) is 2.92. The number of aryl methyl sites for hydroxylation is 2. The molecule has 1 aliphatic carbocycles. The van der Waals surface area contributed by atoms with Gasteiger partial charge in [0, 0.05) is 17.0 Å². The third-order valence-corrected chi connectivity index (χ3v) is 3.82. The summed E-state index contributed by atoms with van der Waals surface area (Å²) in [7, 11) is 0. The van der Waals surface area contributed by atoms with Crippen molar-refractivity contribution in [3.05, 3.63) is 15.6 Å². The van der Waals surface area contributed by atoms with Crippen molar-refractivity contribution in [1.82, 2.24) is 10.3 Å². The van der Waals surface area contributed by atoms with Gasteiger partial charge in [0.2, 0.25) is 0 Å². The molecule has 1 N–H and O–H groups in total. The third-order valence-electron chi connectivity index (χ3n) is 2.66. The average Bonchev–Trinajstić information content (AvgIpc) is 2.56. The van der Waals surface area contributed by atoms with Gasteiger partial charge in [-0.3, -0.25) is 0 Å². The molecule has 2 nitrogen and oxygen atoms in total. The smallest absolute Gasteiger partial charge is 0.107 e. The number of aromatic nitrogens is 1. The van der Waals surface area contributed by atoms with Crippen molar-refractivity contribution in [1.29, 1.82) is 0 Å². The summed E-state index contributed by atoms with van der Waals surface area (Å²) in [5, 5.41) is 4.76. The van der Waals surface area contributed by atoms with Crippen molar-refractivity contribution < 1.29 is 0 Å². The zero-order valence-electron chi connectivity index (χ0n) is 9.89. The van der Waals surface area contributed by atoms with E-state index >= 15 is 0 Å². The molecule has 0 saturated carbocycles. The highest BCUT2D eigenvalue weighted by Gasteiger charge is 2.16. The molecule has 0 radical (unpaired) electrons. The molecule has 0 amide bonds. The summed E-state index contributed by atoms with van der Waals surface area (Å²) in [6, 6.07) is 0. The van der Waals surface area contributed by atoms with Crippen molar-refractivity contribution in [3.63, 3.8) is 0 Å². The second-order valence-electron chi connectivity index (χ2n) is 5.29. The minimum atomic E-state index is 0.187. The molecular weight excluding hydrogens is 204 g/mol. The fraction of sp³-hybridized carbons (Fsp3) is 0.750. The van der Waals surface area contributed by atoms with Gasteiger partial charge in [0.15, 0.2) is 0 Å². The summed E-state index contributed by atoms with van der Waals surface area (Å²) in [6.07, 6.45) is 5.12. The maximum absolute atomic E-state index is 4.71. The van der Waals surface area contributed by atoms with E-state index in [1.807, 2.05) is 11.3 Å². The van der Waals surface area contributed by atoms with Gasteiger partial charge in [0.25, 0.3) is 0 Å². The number of nitrogens with one attached hydrogen (secondary N) is 1. The first-order chi connectivity index (χ1) is 7.04. The molecule has 0 fully saturated rings. The summed E-state index contributed by atoms with van der Waals surface area (Å²) in [5.41, 5.74) is 1.56. The van der Waals surface area contributed by atoms with Crippen LogP contribution in [0.1, 0.15) is 49.2 Å². The van der Waals surface area contributed by atoms with Crippen LogP contribution in [0.5, 0.6) is 0 Å². The number of hydrogen-bond donors (Lipinski definition) is 1. The van der Waals surface area contributed by atoms with E-state index in [-0.39, 0.29) is 5.54 Å². The molecule has 1 aromatic rings. The molecule has 0 aliphatic heterocycles. The Bertz CT molecular complexity index is 312. The van der Waals surface area contributed by atoms with E-state index in [2.05, 4.69) is 26.1 Å². The summed E-state index contributed by atoms with van der Waals surface area (Å²) in [5.74, 6) is 0. The highest BCUT2D eigenvalue weighted by atomic mass is 32.1. The maximum Gasteiger partial charge on any atom is 0.107 e. The van der Waals surface area contributed by atoms with Crippen molar-refractivity contribution in [3.8, 4) is 0 Å². The molecule has 15 heavy (non-hydrogen) atoms. The standard InChI is InChI=1S/C12H20N2S/c1-12(2,3)13-8-11-14-9-6-4-5-7-10(9)15-11/h13H,4-8H2,1-3H3. The molecule has 0 bridgehead atoms. The predicted octanol–water partition coefficient (Wildman–Crippen LogP) is 2.91. The van der Waals surface area contributed by atoms with Gasteiger partial charge in [-0.2, -0.15) is 0 Å². The van der Waals surface area contributed by atoms with Gasteiger partial charge in [0.1, 0.15) is 5.01 Å². The lowest BCUT2D eigenvalue weighted by atomic mass is 10.0. The number of hydrogen-bond acceptors (Lipinski definition) is 3. The van der Waals surface area contributed by atoms with Gasteiger partial charge in [-0.15, -0.1) is 11.3 Å². The van der Waals surface area contributed by atoms with E-state index in [1.165, 1.54) is 41.3 Å². The zero-order valence-corrected chi connectivity index (χ0v) is 10.7. The van der Waals surface area contributed by atoms with Crippen LogP contribution >= 0.6 is 11.3 Å². The molecule has 2 rings (SSSR count). The maximum atomic E-state index is 4.71. The highest BCUT2D eigenvalue weighted by Crippen LogP contribution is 2.26. The molecule has 0 atom stereocenters. The van der Waals surface area contributed by atoms with E-state index in [9.17, 15) is 0 Å². The fourth-order valence-electron chi connectivity index (χ4n) is 1.82. The summed E-state index contributed by atoms with van der Waals surface area (Å²) < 4.78 is 0. The molecule has 84 valence electrons. The lowest BCUT2D eigenvalue weighted by Crippen LogP contribution is -2.35. The second kappa shape index (κ2) is 4.22. The Hall–Kier alpha value is -0.410. The van der Waals surface area contributed by atoms with E-state index in [4.69, 9.17) is 4.98 Å². The topological polar surface area (TPSA) is 24.9 Å². The van der Waals surface area contributed by atoms with E-state index in [0.29, 0.717) is 0 Å². The van der Waals surface area contributed by atoms with Crippen LogP contribution < -0.4 is 5.32 Å². The Morgan fingerprint density at radius 1 is 1.27 bits per heavy atom. The average molecular weight is 224 g/mol. The molecular formula is C12H20N2S. The molecule has 0 saturated heterocycles. The van der Waals surface area contributed by atoms with Gasteiger partial charge in [-0.25, -0.2) is 4.98 Å². The third kappa shape index (κ3) is 3.02. The van der Waals surface area contributed by atoms with Crippen molar-refractivity contribution in [2.45, 2.75) is 58.5 Å². The first-order valence-electron chi connectivity index (χ1n) is 5.77. The van der Waals surface area contributed by atoms with E-state index < -0.39 is 0 Å². The summed E-state index contributed by atoms with van der Waals surface area (Å²) in [4.78, 5) is 6.24. The number of thiazole rings is 1. The zero-order chi connectivity index (χ0) is 10.9. The van der Waals surface area contributed by atoms with Crippen LogP contribution in [-0.2, 0) is 19.4 Å². The van der Waals surface area contributed by atoms with Crippen molar-refractivity contribution in [2.75, 3.05) is 0 Å². The molecule has 0 unspecified atom stereocenters. The minimum absolute atomic E-state index is 0.187. The molecule has 1 heterocycles. The van der Waals surface area contributed by atoms with Crippen molar-refractivity contribution in [2.24, 2.45) is 0 Å². The van der Waals surface area contributed by atoms with Crippen LogP contribution in [0.2, 0.25) is 0 Å². The van der Waals surface area contributed by atoms with Crippen LogP contribution in [-0.4, -0.2) is 10.5 Å². The second-order valence-corrected chi connectivity index (χ2v) is 6.46. The Morgan fingerprint density at radius 2 is 2.00 bits per heavy atom. The summed E-state index contributed by atoms with van der Waals surface area (Å²) >= 11 is 1.90. The lowest BCUT2D eigenvalue weighted by molar-refractivity contribution is 0.423. The van der Waals surface area contributed by atoms with Gasteiger partial charge in [-0.1, -0.05) is 0 Å². The molecule has 0 aromatic carbocycles. The minimum Gasteiger partial charge on any atom is -0.306 e. The van der Waals surface area contributed by atoms with Crippen LogP contribution in [0.25, 0.3) is 0 Å². The number of nitrogens with zero attached hydrogens (tertiary/aromatic N) is 1. The number of fused-ring (bicyclic) bond motifs is 1. The summed E-state index contributed by atoms with van der Waals surface area (Å²) in [6.45, 7) is 7.50. The first-order valence-corrected chi connectivity index (χ1v) is 6.59. The van der Waals surface area contributed by atoms with E-state index in [1.54, 1.807) is 0 Å². The quantitative estimate of drug-likeness (QED) is 0.835. The van der Waals surface area contributed by atoms with Crippen LogP contribution in [0, 0.1) is 0 Å². The molecule has 3 heteroatoms. The Kier molecular flexibility index (Phi) is 3.12. The Balaban J connectivity index is 2.01. The van der Waals surface area contributed by atoms with Gasteiger partial charge < -0.3 is 5.32 Å². The van der Waals surface area contributed by atoms with Gasteiger partial charge in [0.05, 0.1) is 5.69 Å². The molecule has 1 aliphatic rings. The monoisotopic (exact) mass is 224 g/mol. The van der Waals surface area contributed by atoms with Crippen LogP contribution in [0.15, 0.2) is 0 Å². The largest absolute Gasteiger partial charge is 0.306 e. The lowest BCUT2D eigenvalue weighted by Gasteiger charge is -2.19. The molecule has 0 spiro atoms. The Labute approximate surface area is 96.1 Å². The van der Waals surface area contributed by atoms with Gasteiger partial charge in [-0.05, 0) is 46.5 Å². The first kappa shape index (κ1) is 11.1. The van der Waals surface area contributed by atoms with Crippen molar-refractivity contribution >= 4 is 11.3 Å². The van der Waals surface area contributed by atoms with Crippen LogP contribution in [0.3, 0.4) is 0 Å². The Morgan fingerprint density at radius 3 is 2.67 bits per heavy atom. The molecule has 1 aromatic heterocycles. The highest BCUT2D eigenvalue weighted by molar-refractivity contribution is 7.11. The normalized spacial score (nSPS) is 16.5. The van der Waals surface area contributed by atoms with E-state index in [0.717, 1.165) is 6.54 Å².